The summed E-state index contributed by atoms with van der Waals surface area (Å²) in [5, 5.41) is 6.22. The first-order chi connectivity index (χ1) is 15.0. The zero-order chi connectivity index (χ0) is 21.4. The molecule has 0 spiro atoms. The summed E-state index contributed by atoms with van der Waals surface area (Å²) in [4.78, 5) is 29.1. The molecule has 4 aliphatic carbocycles. The van der Waals surface area contributed by atoms with Gasteiger partial charge in [0, 0.05) is 50.4 Å². The predicted octanol–water partition coefficient (Wildman–Crippen LogP) is 3.13. The summed E-state index contributed by atoms with van der Waals surface area (Å²) in [6.07, 6.45) is 7.77. The SMILES string of the molecule is O=C(NCCC(=O)N1CCN(c2ccc(F)cc2)CC1)NC12CC3CC(CC(C3)C1)C2. The number of hydrogen-bond donors (Lipinski definition) is 2. The van der Waals surface area contributed by atoms with Crippen LogP contribution in [0.1, 0.15) is 44.9 Å². The molecule has 5 aliphatic rings. The van der Waals surface area contributed by atoms with E-state index in [-0.39, 0.29) is 23.3 Å². The zero-order valence-electron chi connectivity index (χ0n) is 18.1. The first-order valence-corrected chi connectivity index (χ1v) is 11.8. The lowest BCUT2D eigenvalue weighted by molar-refractivity contribution is -0.131. The number of anilines is 1. The fraction of sp³-hybridized carbons (Fsp3) is 0.667. The fourth-order valence-corrected chi connectivity index (χ4v) is 6.86. The molecule has 0 unspecified atom stereocenters. The predicted molar refractivity (Wildman–Crippen MR) is 117 cm³/mol. The van der Waals surface area contributed by atoms with Gasteiger partial charge in [0.05, 0.1) is 0 Å². The highest BCUT2D eigenvalue weighted by Crippen LogP contribution is 2.55. The molecule has 31 heavy (non-hydrogen) atoms. The molecule has 6 rings (SSSR count). The number of benzene rings is 1. The Balaban J connectivity index is 1.03. The number of hydrogen-bond acceptors (Lipinski definition) is 3. The van der Waals surface area contributed by atoms with E-state index in [1.807, 2.05) is 4.90 Å². The number of rotatable bonds is 5. The van der Waals surface area contributed by atoms with Crippen molar-refractivity contribution in [2.75, 3.05) is 37.6 Å². The summed E-state index contributed by atoms with van der Waals surface area (Å²) < 4.78 is 13.1. The van der Waals surface area contributed by atoms with Gasteiger partial charge in [-0.25, -0.2) is 9.18 Å². The third-order valence-electron chi connectivity index (χ3n) is 7.87. The molecular formula is C24H33FN4O2. The first kappa shape index (κ1) is 20.6. The highest BCUT2D eigenvalue weighted by molar-refractivity contribution is 5.79. The van der Waals surface area contributed by atoms with Crippen LogP contribution in [0.4, 0.5) is 14.9 Å². The van der Waals surface area contributed by atoms with Crippen LogP contribution in [0, 0.1) is 23.6 Å². The maximum atomic E-state index is 13.1. The number of urea groups is 1. The van der Waals surface area contributed by atoms with Gasteiger partial charge in [0.1, 0.15) is 5.82 Å². The molecule has 3 amide bonds. The Hall–Kier alpha value is -2.31. The largest absolute Gasteiger partial charge is 0.368 e. The van der Waals surface area contributed by atoms with Crippen molar-refractivity contribution in [2.24, 2.45) is 17.8 Å². The van der Waals surface area contributed by atoms with Crippen LogP contribution in [-0.4, -0.2) is 55.1 Å². The van der Waals surface area contributed by atoms with Gasteiger partial charge in [0.15, 0.2) is 0 Å². The van der Waals surface area contributed by atoms with Crippen molar-refractivity contribution in [3.63, 3.8) is 0 Å². The van der Waals surface area contributed by atoms with Gasteiger partial charge in [0.25, 0.3) is 0 Å². The fourth-order valence-electron chi connectivity index (χ4n) is 6.86. The average molecular weight is 429 g/mol. The average Bonchev–Trinajstić information content (AvgIpc) is 2.73. The molecule has 1 aromatic carbocycles. The summed E-state index contributed by atoms with van der Waals surface area (Å²) in [6.45, 7) is 3.13. The van der Waals surface area contributed by atoms with E-state index in [1.54, 1.807) is 12.1 Å². The summed E-state index contributed by atoms with van der Waals surface area (Å²) in [5.74, 6) is 2.22. The smallest absolute Gasteiger partial charge is 0.315 e. The summed E-state index contributed by atoms with van der Waals surface area (Å²) in [7, 11) is 0. The van der Waals surface area contributed by atoms with Gasteiger partial charge in [-0.15, -0.1) is 0 Å². The van der Waals surface area contributed by atoms with Crippen LogP contribution in [0.5, 0.6) is 0 Å². The topological polar surface area (TPSA) is 64.7 Å². The second-order valence-electron chi connectivity index (χ2n) is 10.2. The number of halogens is 1. The molecular weight excluding hydrogens is 395 g/mol. The van der Waals surface area contributed by atoms with Crippen molar-refractivity contribution in [2.45, 2.75) is 50.5 Å². The van der Waals surface area contributed by atoms with Gasteiger partial charge in [-0.2, -0.15) is 0 Å². The molecule has 2 N–H and O–H groups in total. The molecule has 7 heteroatoms. The van der Waals surface area contributed by atoms with E-state index in [1.165, 1.54) is 31.4 Å². The Morgan fingerprint density at radius 1 is 0.935 bits per heavy atom. The van der Waals surface area contributed by atoms with E-state index < -0.39 is 0 Å². The van der Waals surface area contributed by atoms with E-state index in [9.17, 15) is 14.0 Å². The van der Waals surface area contributed by atoms with Crippen LogP contribution in [0.2, 0.25) is 0 Å². The second-order valence-corrected chi connectivity index (χ2v) is 10.2. The molecule has 0 aromatic heterocycles. The van der Waals surface area contributed by atoms with E-state index in [2.05, 4.69) is 15.5 Å². The number of nitrogens with zero attached hydrogens (tertiary/aromatic N) is 2. The van der Waals surface area contributed by atoms with E-state index in [0.29, 0.717) is 26.1 Å². The van der Waals surface area contributed by atoms with Crippen LogP contribution in [0.15, 0.2) is 24.3 Å². The number of piperazine rings is 1. The lowest BCUT2D eigenvalue weighted by atomic mass is 9.53. The van der Waals surface area contributed by atoms with Gasteiger partial charge in [-0.1, -0.05) is 0 Å². The Bertz CT molecular complexity index is 784. The summed E-state index contributed by atoms with van der Waals surface area (Å²) >= 11 is 0. The second kappa shape index (κ2) is 8.32. The van der Waals surface area contributed by atoms with Gasteiger partial charge >= 0.3 is 6.03 Å². The number of carbonyl (C=O) groups is 2. The van der Waals surface area contributed by atoms with Crippen molar-refractivity contribution in [1.82, 2.24) is 15.5 Å². The third kappa shape index (κ3) is 4.51. The van der Waals surface area contributed by atoms with Gasteiger partial charge < -0.3 is 20.4 Å². The molecule has 1 aromatic rings. The number of amides is 3. The van der Waals surface area contributed by atoms with Crippen LogP contribution in [-0.2, 0) is 4.79 Å². The minimum atomic E-state index is -0.239. The zero-order valence-corrected chi connectivity index (χ0v) is 18.1. The monoisotopic (exact) mass is 428 g/mol. The molecule has 5 fully saturated rings. The maximum Gasteiger partial charge on any atom is 0.315 e. The van der Waals surface area contributed by atoms with Crippen LogP contribution >= 0.6 is 0 Å². The molecule has 4 saturated carbocycles. The minimum absolute atomic E-state index is 0.000472. The Morgan fingerprint density at radius 3 is 2.10 bits per heavy atom. The van der Waals surface area contributed by atoms with Gasteiger partial charge in [-0.05, 0) is 80.5 Å². The lowest BCUT2D eigenvalue weighted by Crippen LogP contribution is -2.61. The highest BCUT2D eigenvalue weighted by atomic mass is 19.1. The van der Waals surface area contributed by atoms with Crippen molar-refractivity contribution in [1.29, 1.82) is 0 Å². The maximum absolute atomic E-state index is 13.1. The molecule has 6 nitrogen and oxygen atoms in total. The van der Waals surface area contributed by atoms with Crippen molar-refractivity contribution in [3.8, 4) is 0 Å². The molecule has 1 heterocycles. The van der Waals surface area contributed by atoms with Crippen LogP contribution in [0.3, 0.4) is 0 Å². The Labute approximate surface area is 183 Å². The van der Waals surface area contributed by atoms with Gasteiger partial charge in [-0.3, -0.25) is 4.79 Å². The molecule has 0 radical (unpaired) electrons. The molecule has 4 bridgehead atoms. The Morgan fingerprint density at radius 2 is 1.52 bits per heavy atom. The number of carbonyl (C=O) groups excluding carboxylic acids is 2. The molecule has 1 aliphatic heterocycles. The van der Waals surface area contributed by atoms with Crippen molar-refractivity contribution >= 4 is 17.6 Å². The standard InChI is InChI=1S/C24H33FN4O2/c25-20-1-3-21(4-2-20)28-7-9-29(10-8-28)22(30)5-6-26-23(31)27-24-14-17-11-18(15-24)13-19(12-17)16-24/h1-4,17-19H,5-16H2,(H2,26,27,31). The quantitative estimate of drug-likeness (QED) is 0.757. The normalized spacial score (nSPS) is 31.6. The van der Waals surface area contributed by atoms with E-state index >= 15 is 0 Å². The molecule has 1 saturated heterocycles. The third-order valence-corrected chi connectivity index (χ3v) is 7.87. The van der Waals surface area contributed by atoms with E-state index in [4.69, 9.17) is 0 Å². The molecule has 0 atom stereocenters. The van der Waals surface area contributed by atoms with Crippen LogP contribution < -0.4 is 15.5 Å². The minimum Gasteiger partial charge on any atom is -0.368 e. The van der Waals surface area contributed by atoms with E-state index in [0.717, 1.165) is 55.8 Å². The first-order valence-electron chi connectivity index (χ1n) is 11.8. The summed E-state index contributed by atoms with van der Waals surface area (Å²) in [6, 6.07) is 6.37. The van der Waals surface area contributed by atoms with Crippen LogP contribution in [0.25, 0.3) is 0 Å². The number of nitrogens with one attached hydrogen (secondary N) is 2. The van der Waals surface area contributed by atoms with Crippen molar-refractivity contribution in [3.05, 3.63) is 30.1 Å². The van der Waals surface area contributed by atoms with Gasteiger partial charge in [0.2, 0.25) is 5.91 Å². The molecule has 168 valence electrons. The highest BCUT2D eigenvalue weighted by Gasteiger charge is 2.51. The van der Waals surface area contributed by atoms with Crippen molar-refractivity contribution < 1.29 is 14.0 Å². The Kier molecular flexibility index (Phi) is 5.52. The summed E-state index contributed by atoms with van der Waals surface area (Å²) in [5.41, 5.74) is 0.982. The lowest BCUT2D eigenvalue weighted by Gasteiger charge is -2.56.